The first-order valence-corrected chi connectivity index (χ1v) is 9.66. The van der Waals surface area contributed by atoms with E-state index in [0.29, 0.717) is 22.6 Å². The molecule has 2 amide bonds. The van der Waals surface area contributed by atoms with Crippen molar-refractivity contribution in [1.82, 2.24) is 10.2 Å². The van der Waals surface area contributed by atoms with Gasteiger partial charge in [-0.1, -0.05) is 36.4 Å². The molecule has 1 N–H and O–H groups in total. The van der Waals surface area contributed by atoms with E-state index in [1.54, 1.807) is 53.8 Å². The van der Waals surface area contributed by atoms with Crippen LogP contribution in [0.25, 0.3) is 0 Å². The minimum absolute atomic E-state index is 0.0978. The van der Waals surface area contributed by atoms with Crippen LogP contribution in [-0.4, -0.2) is 55.2 Å². The molecular weight excluding hydrogens is 427 g/mol. The van der Waals surface area contributed by atoms with Crippen LogP contribution in [0.1, 0.15) is 18.1 Å². The van der Waals surface area contributed by atoms with E-state index in [-0.39, 0.29) is 18.8 Å². The average Bonchev–Trinajstić information content (AvgIpc) is 3.04. The predicted octanol–water partition coefficient (Wildman–Crippen LogP) is 2.93. The molecule has 0 spiro atoms. The summed E-state index contributed by atoms with van der Waals surface area (Å²) < 4.78 is 52.5. The highest BCUT2D eigenvalue weighted by Gasteiger charge is 2.66. The second kappa shape index (κ2) is 8.89. The number of amidine groups is 1. The number of ether oxygens (including phenoxy) is 2. The van der Waals surface area contributed by atoms with Crippen LogP contribution in [0.4, 0.5) is 13.2 Å². The molecule has 1 heterocycles. The lowest BCUT2D eigenvalue weighted by atomic mass is 10.1. The second-order valence-electron chi connectivity index (χ2n) is 7.09. The Morgan fingerprint density at radius 2 is 1.75 bits per heavy atom. The zero-order valence-corrected chi connectivity index (χ0v) is 17.7. The summed E-state index contributed by atoms with van der Waals surface area (Å²) in [7, 11) is 2.96. The van der Waals surface area contributed by atoms with Crippen LogP contribution >= 0.6 is 0 Å². The van der Waals surface area contributed by atoms with Gasteiger partial charge in [0.05, 0.1) is 14.2 Å². The molecule has 0 aromatic heterocycles. The minimum Gasteiger partial charge on any atom is -0.493 e. The topological polar surface area (TPSA) is 80.2 Å². The van der Waals surface area contributed by atoms with Crippen LogP contribution in [0.5, 0.6) is 11.5 Å². The van der Waals surface area contributed by atoms with Crippen molar-refractivity contribution in [3.05, 3.63) is 59.7 Å². The molecule has 0 aliphatic carbocycles. The highest BCUT2D eigenvalue weighted by Crippen LogP contribution is 2.38. The Balaban J connectivity index is 1.99. The molecule has 1 unspecified atom stereocenters. The van der Waals surface area contributed by atoms with E-state index in [2.05, 4.69) is 4.99 Å². The number of nitrogens with one attached hydrogen (secondary N) is 1. The van der Waals surface area contributed by atoms with Crippen molar-refractivity contribution in [3.63, 3.8) is 0 Å². The average molecular weight is 449 g/mol. The van der Waals surface area contributed by atoms with Crippen LogP contribution in [-0.2, 0) is 16.0 Å². The molecule has 1 aliphatic rings. The van der Waals surface area contributed by atoms with Gasteiger partial charge in [-0.3, -0.25) is 14.5 Å². The Bertz CT molecular complexity index is 1040. The maximum Gasteiger partial charge on any atom is 0.442 e. The highest BCUT2D eigenvalue weighted by molar-refractivity contribution is 6.16. The monoisotopic (exact) mass is 449 g/mol. The number of carbonyl (C=O) groups is 2. The lowest BCUT2D eigenvalue weighted by Crippen LogP contribution is -2.63. The number of amides is 2. The number of benzene rings is 2. The molecular formula is C22H22F3N3O4. The molecule has 0 bridgehead atoms. The third kappa shape index (κ3) is 4.25. The van der Waals surface area contributed by atoms with Crippen molar-refractivity contribution in [1.29, 1.82) is 0 Å². The molecule has 0 saturated carbocycles. The van der Waals surface area contributed by atoms with Crippen molar-refractivity contribution in [3.8, 4) is 11.5 Å². The smallest absolute Gasteiger partial charge is 0.442 e. The summed E-state index contributed by atoms with van der Waals surface area (Å²) in [4.78, 5) is 29.3. The molecule has 10 heteroatoms. The van der Waals surface area contributed by atoms with Gasteiger partial charge in [0, 0.05) is 19.0 Å². The first kappa shape index (κ1) is 23.1. The Labute approximate surface area is 182 Å². The molecule has 0 radical (unpaired) electrons. The van der Waals surface area contributed by atoms with Crippen LogP contribution in [0.15, 0.2) is 53.5 Å². The van der Waals surface area contributed by atoms with E-state index >= 15 is 0 Å². The van der Waals surface area contributed by atoms with Gasteiger partial charge in [-0.15, -0.1) is 0 Å². The third-order valence-corrected chi connectivity index (χ3v) is 4.96. The fourth-order valence-corrected chi connectivity index (χ4v) is 3.44. The first-order valence-electron chi connectivity index (χ1n) is 9.66. The van der Waals surface area contributed by atoms with Crippen molar-refractivity contribution in [2.45, 2.75) is 25.2 Å². The molecule has 3 rings (SSSR count). The third-order valence-electron chi connectivity index (χ3n) is 4.96. The Morgan fingerprint density at radius 1 is 1.09 bits per heavy atom. The molecule has 1 aliphatic heterocycles. The number of aliphatic imine (C=N–C) groups is 1. The lowest BCUT2D eigenvalue weighted by Gasteiger charge is -2.28. The van der Waals surface area contributed by atoms with E-state index < -0.39 is 23.7 Å². The van der Waals surface area contributed by atoms with Gasteiger partial charge in [0.15, 0.2) is 11.5 Å². The molecule has 2 aromatic rings. The van der Waals surface area contributed by atoms with E-state index in [4.69, 9.17) is 9.47 Å². The molecule has 1 atom stereocenters. The summed E-state index contributed by atoms with van der Waals surface area (Å²) in [5.74, 6) is -1.59. The fourth-order valence-electron chi connectivity index (χ4n) is 3.44. The molecule has 32 heavy (non-hydrogen) atoms. The second-order valence-corrected chi connectivity index (χ2v) is 7.09. The number of hydrogen-bond donors (Lipinski definition) is 1. The number of carbonyl (C=O) groups excluding carboxylic acids is 2. The number of methoxy groups -OCH3 is 2. The van der Waals surface area contributed by atoms with Crippen molar-refractivity contribution < 1.29 is 32.2 Å². The Hall–Kier alpha value is -3.56. The number of rotatable bonds is 7. The molecule has 7 nitrogen and oxygen atoms in total. The quantitative estimate of drug-likeness (QED) is 0.705. The van der Waals surface area contributed by atoms with Gasteiger partial charge in [0.25, 0.3) is 5.91 Å². The van der Waals surface area contributed by atoms with Crippen LogP contribution < -0.4 is 14.8 Å². The van der Waals surface area contributed by atoms with Gasteiger partial charge in [-0.2, -0.15) is 13.2 Å². The van der Waals surface area contributed by atoms with Crippen LogP contribution in [0, 0.1) is 0 Å². The van der Waals surface area contributed by atoms with Gasteiger partial charge in [0.1, 0.15) is 5.84 Å². The summed E-state index contributed by atoms with van der Waals surface area (Å²) in [6.45, 7) is 0.810. The SMILES string of the molecule is COc1ccc(CCN2C(=O)C(NC(C)=O)(C(F)(F)F)N=C2c2ccccc2)cc1OC. The van der Waals surface area contributed by atoms with Gasteiger partial charge < -0.3 is 14.8 Å². The van der Waals surface area contributed by atoms with Crippen LogP contribution in [0.2, 0.25) is 0 Å². The molecule has 0 saturated heterocycles. The molecule has 170 valence electrons. The largest absolute Gasteiger partial charge is 0.493 e. The summed E-state index contributed by atoms with van der Waals surface area (Å²) >= 11 is 0. The van der Waals surface area contributed by atoms with Crippen molar-refractivity contribution in [2.24, 2.45) is 4.99 Å². The Kier molecular flexibility index (Phi) is 6.42. The Morgan fingerprint density at radius 3 is 2.31 bits per heavy atom. The van der Waals surface area contributed by atoms with E-state index in [0.717, 1.165) is 11.8 Å². The van der Waals surface area contributed by atoms with E-state index in [1.165, 1.54) is 14.2 Å². The van der Waals surface area contributed by atoms with Crippen LogP contribution in [0.3, 0.4) is 0 Å². The number of halogens is 3. The summed E-state index contributed by atoms with van der Waals surface area (Å²) in [5.41, 5.74) is -2.33. The van der Waals surface area contributed by atoms with Gasteiger partial charge in [-0.25, -0.2) is 4.99 Å². The highest BCUT2D eigenvalue weighted by atomic mass is 19.4. The summed E-state index contributed by atoms with van der Waals surface area (Å²) in [5, 5.41) is 1.73. The zero-order valence-electron chi connectivity index (χ0n) is 17.7. The summed E-state index contributed by atoms with van der Waals surface area (Å²) in [6.07, 6.45) is -4.92. The van der Waals surface area contributed by atoms with Gasteiger partial charge in [-0.05, 0) is 24.1 Å². The lowest BCUT2D eigenvalue weighted by molar-refractivity contribution is -0.199. The normalized spacial score (nSPS) is 18.4. The standard InChI is InChI=1S/C22H22F3N3O4/c1-14(29)26-21(22(23,24)25)20(30)28(19(27-21)16-7-5-4-6-8-16)12-11-15-9-10-17(31-2)18(13-15)32-3/h4-10,13H,11-12H2,1-3H3,(H,26,29). The van der Waals surface area contributed by atoms with Crippen molar-refractivity contribution in [2.75, 3.05) is 20.8 Å². The predicted molar refractivity (Wildman–Crippen MR) is 111 cm³/mol. The fraction of sp³-hybridized carbons (Fsp3) is 0.318. The zero-order chi connectivity index (χ0) is 23.5. The van der Waals surface area contributed by atoms with Gasteiger partial charge >= 0.3 is 11.8 Å². The van der Waals surface area contributed by atoms with Gasteiger partial charge in [0.2, 0.25) is 5.91 Å². The van der Waals surface area contributed by atoms with E-state index in [9.17, 15) is 22.8 Å². The number of hydrogen-bond acceptors (Lipinski definition) is 5. The molecule has 0 fully saturated rings. The number of alkyl halides is 3. The number of nitrogens with zero attached hydrogens (tertiary/aromatic N) is 2. The minimum atomic E-state index is -5.13. The summed E-state index contributed by atoms with van der Waals surface area (Å²) in [6, 6.07) is 13.1. The molecule has 2 aromatic carbocycles. The maximum absolute atomic E-state index is 14.0. The van der Waals surface area contributed by atoms with E-state index in [1.807, 2.05) is 0 Å². The first-order chi connectivity index (χ1) is 15.1. The maximum atomic E-state index is 14.0. The van der Waals surface area contributed by atoms with Crippen molar-refractivity contribution >= 4 is 17.6 Å².